The Balaban J connectivity index is 1.46. The summed E-state index contributed by atoms with van der Waals surface area (Å²) >= 11 is 0. The van der Waals surface area contributed by atoms with Gasteiger partial charge in [-0.3, -0.25) is 0 Å². The summed E-state index contributed by atoms with van der Waals surface area (Å²) in [6.07, 6.45) is 3.22. The summed E-state index contributed by atoms with van der Waals surface area (Å²) in [7, 11) is -2.41. The molecule has 37 heavy (non-hydrogen) atoms. The standard InChI is InChI=1S/C27H32FN3O5S/c1-27(2,3)36-26(32)30-13-11-29(12-14-30)23-16-20(8-10-24(23)35-4)37(33,34)25-17-31(19-6-7-19)22-9-5-18(28)15-21(22)25/h5,8-10,15-17,19H,6-7,11-14H2,1-4H3. The highest BCUT2D eigenvalue weighted by Crippen LogP contribution is 2.42. The fraction of sp³-hybridized carbons (Fsp3) is 0.444. The minimum absolute atomic E-state index is 0.0970. The second-order valence-corrected chi connectivity index (χ2v) is 12.5. The molecule has 0 atom stereocenters. The molecule has 0 N–H and O–H groups in total. The second-order valence-electron chi connectivity index (χ2n) is 10.6. The highest BCUT2D eigenvalue weighted by Gasteiger charge is 2.32. The van der Waals surface area contributed by atoms with Crippen molar-refractivity contribution in [2.75, 3.05) is 38.2 Å². The summed E-state index contributed by atoms with van der Waals surface area (Å²) < 4.78 is 54.8. The number of rotatable bonds is 5. The highest BCUT2D eigenvalue weighted by molar-refractivity contribution is 7.91. The van der Waals surface area contributed by atoms with E-state index in [1.54, 1.807) is 29.3 Å². The van der Waals surface area contributed by atoms with Crippen LogP contribution in [0.3, 0.4) is 0 Å². The van der Waals surface area contributed by atoms with E-state index in [0.717, 1.165) is 18.4 Å². The zero-order chi connectivity index (χ0) is 26.5. The first-order valence-electron chi connectivity index (χ1n) is 12.4. The summed E-state index contributed by atoms with van der Waals surface area (Å²) in [5, 5.41) is 0.384. The number of fused-ring (bicyclic) bond motifs is 1. The number of benzene rings is 2. The average Bonchev–Trinajstić information content (AvgIpc) is 3.62. The monoisotopic (exact) mass is 529 g/mol. The van der Waals surface area contributed by atoms with Crippen molar-refractivity contribution in [2.24, 2.45) is 0 Å². The highest BCUT2D eigenvalue weighted by atomic mass is 32.2. The van der Waals surface area contributed by atoms with Gasteiger partial charge in [-0.2, -0.15) is 0 Å². The van der Waals surface area contributed by atoms with Crippen molar-refractivity contribution in [1.82, 2.24) is 9.47 Å². The van der Waals surface area contributed by atoms with Crippen molar-refractivity contribution >= 4 is 32.5 Å². The zero-order valence-corrected chi connectivity index (χ0v) is 22.3. The van der Waals surface area contributed by atoms with Gasteiger partial charge in [-0.05, 0) is 70.0 Å². The molecule has 1 aliphatic heterocycles. The number of nitrogens with zero attached hydrogens (tertiary/aromatic N) is 3. The van der Waals surface area contributed by atoms with Crippen LogP contribution in [0.1, 0.15) is 39.7 Å². The topological polar surface area (TPSA) is 81.1 Å². The van der Waals surface area contributed by atoms with Crippen LogP contribution in [0.15, 0.2) is 52.4 Å². The Kier molecular flexibility index (Phi) is 6.34. The summed E-state index contributed by atoms with van der Waals surface area (Å²) in [6.45, 7) is 7.33. The van der Waals surface area contributed by atoms with Gasteiger partial charge in [0.15, 0.2) is 0 Å². The predicted octanol–water partition coefficient (Wildman–Crippen LogP) is 5.01. The van der Waals surface area contributed by atoms with Crippen LogP contribution in [-0.2, 0) is 14.6 Å². The number of anilines is 1. The zero-order valence-electron chi connectivity index (χ0n) is 21.5. The number of amides is 1. The molecule has 10 heteroatoms. The van der Waals surface area contributed by atoms with Crippen LogP contribution in [0.25, 0.3) is 10.9 Å². The van der Waals surface area contributed by atoms with Gasteiger partial charge in [-0.1, -0.05) is 0 Å². The number of halogens is 1. The van der Waals surface area contributed by atoms with E-state index in [0.29, 0.717) is 43.0 Å². The summed E-state index contributed by atoms with van der Waals surface area (Å²) in [5.41, 5.74) is 0.769. The Morgan fingerprint density at radius 3 is 2.35 bits per heavy atom. The third-order valence-corrected chi connectivity index (χ3v) is 8.50. The molecule has 0 bridgehead atoms. The van der Waals surface area contributed by atoms with Crippen molar-refractivity contribution in [3.8, 4) is 5.75 Å². The fourth-order valence-electron chi connectivity index (χ4n) is 4.73. The second kappa shape index (κ2) is 9.24. The van der Waals surface area contributed by atoms with Crippen LogP contribution < -0.4 is 9.64 Å². The van der Waals surface area contributed by atoms with E-state index < -0.39 is 21.3 Å². The number of piperazine rings is 1. The maximum atomic E-state index is 14.2. The first kappa shape index (κ1) is 25.4. The molecule has 8 nitrogen and oxygen atoms in total. The summed E-state index contributed by atoms with van der Waals surface area (Å²) in [4.78, 5) is 16.3. The van der Waals surface area contributed by atoms with Gasteiger partial charge in [0.25, 0.3) is 0 Å². The molecule has 2 aromatic carbocycles. The Morgan fingerprint density at radius 1 is 1.03 bits per heavy atom. The minimum atomic E-state index is -3.95. The molecule has 1 aliphatic carbocycles. The van der Waals surface area contributed by atoms with Gasteiger partial charge in [0.1, 0.15) is 17.2 Å². The van der Waals surface area contributed by atoms with E-state index in [-0.39, 0.29) is 21.9 Å². The normalized spacial score (nSPS) is 16.8. The maximum Gasteiger partial charge on any atom is 0.410 e. The molecule has 3 aromatic rings. The number of ether oxygens (including phenoxy) is 2. The molecule has 0 spiro atoms. The Morgan fingerprint density at radius 2 is 1.73 bits per heavy atom. The lowest BCUT2D eigenvalue weighted by molar-refractivity contribution is 0.0240. The Labute approximate surface area is 216 Å². The molecule has 2 aliphatic rings. The van der Waals surface area contributed by atoms with Crippen LogP contribution in [-0.4, -0.2) is 62.9 Å². The number of sulfone groups is 1. The van der Waals surface area contributed by atoms with Crippen LogP contribution in [0.5, 0.6) is 5.75 Å². The number of carbonyl (C=O) groups excluding carboxylic acids is 1. The number of hydrogen-bond donors (Lipinski definition) is 0. The largest absolute Gasteiger partial charge is 0.495 e. The molecule has 1 saturated heterocycles. The van der Waals surface area contributed by atoms with Crippen molar-refractivity contribution in [2.45, 2.75) is 55.0 Å². The number of hydrogen-bond acceptors (Lipinski definition) is 6. The van der Waals surface area contributed by atoms with Gasteiger partial charge >= 0.3 is 6.09 Å². The molecule has 0 radical (unpaired) electrons. The van der Waals surface area contributed by atoms with Crippen molar-refractivity contribution in [3.05, 3.63) is 48.4 Å². The molecule has 2 fully saturated rings. The number of carbonyl (C=O) groups is 1. The van der Waals surface area contributed by atoms with Crippen LogP contribution in [0.2, 0.25) is 0 Å². The van der Waals surface area contributed by atoms with E-state index in [2.05, 4.69) is 0 Å². The van der Waals surface area contributed by atoms with Gasteiger partial charge in [0.05, 0.1) is 22.6 Å². The lowest BCUT2D eigenvalue weighted by Gasteiger charge is -2.37. The molecule has 2 heterocycles. The summed E-state index contributed by atoms with van der Waals surface area (Å²) in [5.74, 6) is 0.0619. The Bertz CT molecular complexity index is 1450. The third kappa shape index (κ3) is 4.99. The average molecular weight is 530 g/mol. The lowest BCUT2D eigenvalue weighted by Crippen LogP contribution is -2.50. The van der Waals surface area contributed by atoms with Crippen LogP contribution in [0.4, 0.5) is 14.9 Å². The van der Waals surface area contributed by atoms with Gasteiger partial charge in [-0.25, -0.2) is 17.6 Å². The lowest BCUT2D eigenvalue weighted by atomic mass is 10.2. The van der Waals surface area contributed by atoms with Gasteiger partial charge < -0.3 is 23.8 Å². The van der Waals surface area contributed by atoms with Crippen molar-refractivity contribution in [3.63, 3.8) is 0 Å². The minimum Gasteiger partial charge on any atom is -0.495 e. The first-order valence-corrected chi connectivity index (χ1v) is 13.9. The smallest absolute Gasteiger partial charge is 0.410 e. The SMILES string of the molecule is COc1ccc(S(=O)(=O)c2cn(C3CC3)c3ccc(F)cc23)cc1N1CCN(C(=O)OC(C)(C)C)CC1. The number of methoxy groups -OCH3 is 1. The van der Waals surface area contributed by atoms with Gasteiger partial charge in [-0.15, -0.1) is 0 Å². The molecule has 1 amide bonds. The molecule has 5 rings (SSSR count). The van der Waals surface area contributed by atoms with Crippen LogP contribution in [0, 0.1) is 5.82 Å². The van der Waals surface area contributed by atoms with E-state index in [9.17, 15) is 17.6 Å². The molecular formula is C27H32FN3O5S. The quantitative estimate of drug-likeness (QED) is 0.462. The molecule has 0 unspecified atom stereocenters. The Hall–Kier alpha value is -3.27. The fourth-order valence-corrected chi connectivity index (χ4v) is 6.21. The van der Waals surface area contributed by atoms with E-state index in [4.69, 9.17) is 9.47 Å². The van der Waals surface area contributed by atoms with E-state index >= 15 is 0 Å². The van der Waals surface area contributed by atoms with Crippen LogP contribution >= 0.6 is 0 Å². The van der Waals surface area contributed by atoms with Crippen molar-refractivity contribution < 1.29 is 27.1 Å². The molecule has 1 saturated carbocycles. The third-order valence-electron chi connectivity index (χ3n) is 6.72. The first-order chi connectivity index (χ1) is 17.5. The maximum absolute atomic E-state index is 14.2. The number of aromatic nitrogens is 1. The predicted molar refractivity (Wildman–Crippen MR) is 139 cm³/mol. The molecule has 198 valence electrons. The molecular weight excluding hydrogens is 497 g/mol. The molecule has 1 aromatic heterocycles. The van der Waals surface area contributed by atoms with Gasteiger partial charge in [0, 0.05) is 49.3 Å². The van der Waals surface area contributed by atoms with Crippen molar-refractivity contribution in [1.29, 1.82) is 0 Å². The van der Waals surface area contributed by atoms with E-state index in [1.165, 1.54) is 25.3 Å². The van der Waals surface area contributed by atoms with Gasteiger partial charge in [0.2, 0.25) is 9.84 Å². The summed E-state index contributed by atoms with van der Waals surface area (Å²) in [6, 6.07) is 9.31. The van der Waals surface area contributed by atoms with E-state index in [1.807, 2.05) is 30.2 Å².